The number of hydrogen-bond donors (Lipinski definition) is 1. The smallest absolute Gasteiger partial charge is 0.291 e. The van der Waals surface area contributed by atoms with E-state index in [1.807, 2.05) is 30.3 Å². The first-order valence-electron chi connectivity index (χ1n) is 11.3. The fourth-order valence-electron chi connectivity index (χ4n) is 3.75. The molecule has 4 rings (SSSR count). The minimum Gasteiger partial charge on any atom is -0.492 e. The van der Waals surface area contributed by atoms with Gasteiger partial charge in [0, 0.05) is 18.8 Å². The molecule has 0 saturated carbocycles. The fourth-order valence-corrected chi connectivity index (χ4v) is 5.42. The lowest BCUT2D eigenvalue weighted by Crippen LogP contribution is -2.35. The Hall–Kier alpha value is -3.30. The second kappa shape index (κ2) is 10.8. The number of furan rings is 1. The highest BCUT2D eigenvalue weighted by molar-refractivity contribution is 7.89. The number of carbonyl (C=O) groups is 1. The van der Waals surface area contributed by atoms with Crippen LogP contribution in [0, 0.1) is 0 Å². The Morgan fingerprint density at radius 1 is 1.00 bits per heavy atom. The first kappa shape index (κ1) is 23.8. The van der Waals surface area contributed by atoms with Crippen LogP contribution in [0.25, 0.3) is 0 Å². The first-order valence-corrected chi connectivity index (χ1v) is 12.8. The standard InChI is InChI=1S/C25H28N2O6S/c1-2-31-22-13-11-19(17-24(22)34(29,30)27-15-7-4-8-16-27)26-25(28)23-14-12-21(33-23)18-32-20-9-5-3-6-10-20/h3,5-6,9-14,17H,2,4,7-8,15-16,18H2,1H3,(H,26,28). The van der Waals surface area contributed by atoms with Crippen molar-refractivity contribution >= 4 is 21.6 Å². The molecule has 0 atom stereocenters. The van der Waals surface area contributed by atoms with E-state index >= 15 is 0 Å². The number of amides is 1. The van der Waals surface area contributed by atoms with Crippen molar-refractivity contribution in [1.82, 2.24) is 4.31 Å². The number of carbonyl (C=O) groups excluding carboxylic acids is 1. The van der Waals surface area contributed by atoms with Crippen molar-refractivity contribution in [3.05, 3.63) is 72.2 Å². The van der Waals surface area contributed by atoms with Gasteiger partial charge in [-0.1, -0.05) is 24.6 Å². The topological polar surface area (TPSA) is 98.1 Å². The zero-order valence-corrected chi connectivity index (χ0v) is 19.8. The first-order chi connectivity index (χ1) is 16.5. The molecule has 9 heteroatoms. The van der Waals surface area contributed by atoms with E-state index in [-0.39, 0.29) is 23.0 Å². The third kappa shape index (κ3) is 5.60. The van der Waals surface area contributed by atoms with Crippen LogP contribution in [0.5, 0.6) is 11.5 Å². The number of sulfonamides is 1. The zero-order valence-electron chi connectivity index (χ0n) is 19.0. The largest absolute Gasteiger partial charge is 0.492 e. The average molecular weight is 485 g/mol. The van der Waals surface area contributed by atoms with E-state index in [0.29, 0.717) is 36.9 Å². The summed E-state index contributed by atoms with van der Waals surface area (Å²) in [4.78, 5) is 12.8. The number of hydrogen-bond acceptors (Lipinski definition) is 6. The Kier molecular flexibility index (Phi) is 7.54. The van der Waals surface area contributed by atoms with Gasteiger partial charge in [0.2, 0.25) is 10.0 Å². The summed E-state index contributed by atoms with van der Waals surface area (Å²) >= 11 is 0. The van der Waals surface area contributed by atoms with Crippen molar-refractivity contribution in [2.75, 3.05) is 25.0 Å². The molecule has 0 spiro atoms. The number of anilines is 1. The number of para-hydroxylation sites is 1. The van der Waals surface area contributed by atoms with Crippen molar-refractivity contribution < 1.29 is 27.1 Å². The molecular weight excluding hydrogens is 456 g/mol. The van der Waals surface area contributed by atoms with Gasteiger partial charge >= 0.3 is 0 Å². The second-order valence-electron chi connectivity index (χ2n) is 7.88. The van der Waals surface area contributed by atoms with E-state index in [9.17, 15) is 13.2 Å². The normalized spacial score (nSPS) is 14.5. The van der Waals surface area contributed by atoms with Crippen LogP contribution in [-0.2, 0) is 16.6 Å². The third-order valence-electron chi connectivity index (χ3n) is 5.44. The molecule has 1 aliphatic rings. The maximum Gasteiger partial charge on any atom is 0.291 e. The average Bonchev–Trinajstić information content (AvgIpc) is 3.34. The Balaban J connectivity index is 1.48. The SMILES string of the molecule is CCOc1ccc(NC(=O)c2ccc(COc3ccccc3)o2)cc1S(=O)(=O)N1CCCCC1. The van der Waals surface area contributed by atoms with Crippen LogP contribution in [0.4, 0.5) is 5.69 Å². The van der Waals surface area contributed by atoms with Crippen molar-refractivity contribution in [2.45, 2.75) is 37.7 Å². The van der Waals surface area contributed by atoms with Crippen LogP contribution in [0.1, 0.15) is 42.5 Å². The van der Waals surface area contributed by atoms with Gasteiger partial charge in [-0.25, -0.2) is 8.42 Å². The molecule has 2 aromatic carbocycles. The lowest BCUT2D eigenvalue weighted by molar-refractivity contribution is 0.0992. The van der Waals surface area contributed by atoms with E-state index in [0.717, 1.165) is 19.3 Å². The molecule has 1 N–H and O–H groups in total. The molecule has 3 aromatic rings. The van der Waals surface area contributed by atoms with Gasteiger partial charge in [0.1, 0.15) is 28.8 Å². The lowest BCUT2D eigenvalue weighted by atomic mass is 10.2. The highest BCUT2D eigenvalue weighted by atomic mass is 32.2. The molecule has 0 aliphatic carbocycles. The van der Waals surface area contributed by atoms with E-state index in [1.54, 1.807) is 31.2 Å². The van der Waals surface area contributed by atoms with Crippen LogP contribution in [0.2, 0.25) is 0 Å². The number of piperidine rings is 1. The Morgan fingerprint density at radius 3 is 2.50 bits per heavy atom. The van der Waals surface area contributed by atoms with E-state index in [4.69, 9.17) is 13.9 Å². The molecule has 0 unspecified atom stereocenters. The van der Waals surface area contributed by atoms with Crippen LogP contribution in [0.3, 0.4) is 0 Å². The molecule has 1 amide bonds. The van der Waals surface area contributed by atoms with Gasteiger partial charge in [-0.3, -0.25) is 4.79 Å². The zero-order chi connectivity index (χ0) is 24.0. The molecule has 1 aromatic heterocycles. The molecule has 34 heavy (non-hydrogen) atoms. The molecule has 0 radical (unpaired) electrons. The third-order valence-corrected chi connectivity index (χ3v) is 7.36. The van der Waals surface area contributed by atoms with Crippen LogP contribution in [-0.4, -0.2) is 38.3 Å². The highest BCUT2D eigenvalue weighted by Gasteiger charge is 2.29. The molecule has 1 fully saturated rings. The monoisotopic (exact) mass is 484 g/mol. The summed E-state index contributed by atoms with van der Waals surface area (Å²) in [6, 6.07) is 17.1. The maximum atomic E-state index is 13.3. The van der Waals surface area contributed by atoms with Gasteiger partial charge in [-0.05, 0) is 62.2 Å². The summed E-state index contributed by atoms with van der Waals surface area (Å²) in [5.74, 6) is 1.07. The summed E-state index contributed by atoms with van der Waals surface area (Å²) in [6.07, 6.45) is 2.67. The fraction of sp³-hybridized carbons (Fsp3) is 0.320. The summed E-state index contributed by atoms with van der Waals surface area (Å²) < 4.78 is 44.9. The van der Waals surface area contributed by atoms with Gasteiger partial charge in [-0.2, -0.15) is 4.31 Å². The number of nitrogens with one attached hydrogen (secondary N) is 1. The van der Waals surface area contributed by atoms with Gasteiger partial charge in [0.25, 0.3) is 5.91 Å². The molecular formula is C25H28N2O6S. The Morgan fingerprint density at radius 2 is 1.76 bits per heavy atom. The Bertz CT molecular complexity index is 1220. The lowest BCUT2D eigenvalue weighted by Gasteiger charge is -2.27. The number of nitrogens with zero attached hydrogens (tertiary/aromatic N) is 1. The van der Waals surface area contributed by atoms with Crippen LogP contribution in [0.15, 0.2) is 70.0 Å². The molecule has 1 saturated heterocycles. The minimum absolute atomic E-state index is 0.0467. The second-order valence-corrected chi connectivity index (χ2v) is 9.79. The molecule has 0 bridgehead atoms. The predicted molar refractivity (Wildman–Crippen MR) is 128 cm³/mol. The summed E-state index contributed by atoms with van der Waals surface area (Å²) in [7, 11) is -3.75. The van der Waals surface area contributed by atoms with E-state index in [1.165, 1.54) is 10.4 Å². The van der Waals surface area contributed by atoms with Crippen molar-refractivity contribution in [1.29, 1.82) is 0 Å². The molecule has 2 heterocycles. The summed E-state index contributed by atoms with van der Waals surface area (Å²) in [5.41, 5.74) is 0.336. The predicted octanol–water partition coefficient (Wildman–Crippen LogP) is 4.68. The van der Waals surface area contributed by atoms with Crippen molar-refractivity contribution in [2.24, 2.45) is 0 Å². The number of benzene rings is 2. The number of rotatable bonds is 9. The van der Waals surface area contributed by atoms with Crippen molar-refractivity contribution in [3.63, 3.8) is 0 Å². The minimum atomic E-state index is -3.75. The quantitative estimate of drug-likeness (QED) is 0.473. The van der Waals surface area contributed by atoms with Crippen LogP contribution < -0.4 is 14.8 Å². The molecule has 8 nitrogen and oxygen atoms in total. The van der Waals surface area contributed by atoms with Gasteiger partial charge in [0.15, 0.2) is 5.76 Å². The molecule has 1 aliphatic heterocycles. The molecule has 180 valence electrons. The summed E-state index contributed by atoms with van der Waals surface area (Å²) in [5, 5.41) is 2.72. The van der Waals surface area contributed by atoms with Crippen molar-refractivity contribution in [3.8, 4) is 11.5 Å². The summed E-state index contributed by atoms with van der Waals surface area (Å²) in [6.45, 7) is 3.26. The van der Waals surface area contributed by atoms with Gasteiger partial charge in [0.05, 0.1) is 6.61 Å². The van der Waals surface area contributed by atoms with Crippen LogP contribution >= 0.6 is 0 Å². The van der Waals surface area contributed by atoms with E-state index < -0.39 is 15.9 Å². The van der Waals surface area contributed by atoms with E-state index in [2.05, 4.69) is 5.32 Å². The highest BCUT2D eigenvalue weighted by Crippen LogP contribution is 2.31. The Labute approximate surface area is 199 Å². The van der Waals surface area contributed by atoms with Gasteiger partial charge in [-0.15, -0.1) is 0 Å². The van der Waals surface area contributed by atoms with Gasteiger partial charge < -0.3 is 19.2 Å². The maximum absolute atomic E-state index is 13.3. The number of ether oxygens (including phenoxy) is 2.